The number of fused-ring (bicyclic) bond motifs is 1. The minimum atomic E-state index is -0.409. The number of nitrogens with zero attached hydrogens (tertiary/aromatic N) is 2. The monoisotopic (exact) mass is 358 g/mol. The van der Waals surface area contributed by atoms with Crippen LogP contribution in [0.1, 0.15) is 35.3 Å². The maximum atomic E-state index is 13.4. The highest BCUT2D eigenvalue weighted by Gasteiger charge is 2.41. The van der Waals surface area contributed by atoms with Gasteiger partial charge in [0.05, 0.1) is 6.54 Å². The summed E-state index contributed by atoms with van der Waals surface area (Å²) < 4.78 is 18.1. The van der Waals surface area contributed by atoms with Crippen LogP contribution >= 0.6 is 0 Å². The van der Waals surface area contributed by atoms with Crippen LogP contribution in [0.4, 0.5) is 14.9 Å². The summed E-state index contributed by atoms with van der Waals surface area (Å²) in [6.07, 6.45) is 3.10. The van der Waals surface area contributed by atoms with Crippen LogP contribution < -0.4 is 10.6 Å². The van der Waals surface area contributed by atoms with Crippen molar-refractivity contribution >= 4 is 17.5 Å². The second kappa shape index (κ2) is 6.44. The Morgan fingerprint density at radius 1 is 1.35 bits per heavy atom. The molecule has 136 valence electrons. The molecule has 0 radical (unpaired) electrons. The highest BCUT2D eigenvalue weighted by atomic mass is 19.1. The lowest BCUT2D eigenvalue weighted by molar-refractivity contribution is 0.0915. The Kier molecular flexibility index (Phi) is 4.10. The predicted molar refractivity (Wildman–Crippen MR) is 91.2 cm³/mol. The van der Waals surface area contributed by atoms with Crippen LogP contribution in [0.15, 0.2) is 35.1 Å². The number of ketones is 1. The molecule has 0 unspecified atom stereocenters. The van der Waals surface area contributed by atoms with Gasteiger partial charge in [0.15, 0.2) is 5.78 Å². The normalized spacial score (nSPS) is 18.3. The van der Waals surface area contributed by atoms with Crippen molar-refractivity contribution in [1.29, 1.82) is 0 Å². The van der Waals surface area contributed by atoms with Gasteiger partial charge in [0.25, 0.3) is 0 Å². The van der Waals surface area contributed by atoms with Crippen molar-refractivity contribution in [2.24, 2.45) is 0 Å². The number of amides is 2. The van der Waals surface area contributed by atoms with E-state index in [1.165, 1.54) is 18.4 Å². The summed E-state index contributed by atoms with van der Waals surface area (Å²) in [6.45, 7) is 1.40. The van der Waals surface area contributed by atoms with Crippen LogP contribution in [-0.2, 0) is 6.54 Å². The van der Waals surface area contributed by atoms with Crippen molar-refractivity contribution in [3.8, 4) is 0 Å². The van der Waals surface area contributed by atoms with Gasteiger partial charge < -0.3 is 20.1 Å². The maximum Gasteiger partial charge on any atom is 0.317 e. The maximum absolute atomic E-state index is 13.4. The third-order valence-electron chi connectivity index (χ3n) is 5.10. The van der Waals surface area contributed by atoms with Gasteiger partial charge in [0.1, 0.15) is 17.8 Å². The molecule has 26 heavy (non-hydrogen) atoms. The summed E-state index contributed by atoms with van der Waals surface area (Å²) in [6, 6.07) is 5.78. The fourth-order valence-corrected chi connectivity index (χ4v) is 3.63. The SMILES string of the molecule is O=C1CC2(CCN(C(=O)NCc3ccon3)CC2)Nc2ccc(F)cc21. The fourth-order valence-electron chi connectivity index (χ4n) is 3.63. The molecular weight excluding hydrogens is 339 g/mol. The molecule has 2 N–H and O–H groups in total. The van der Waals surface area contributed by atoms with E-state index in [-0.39, 0.29) is 17.4 Å². The zero-order valence-electron chi connectivity index (χ0n) is 14.1. The standard InChI is InChI=1S/C18H19FN4O3/c19-12-1-2-15-14(9-12)16(24)10-18(21-15)4-6-23(7-5-18)17(25)20-11-13-3-8-26-22-13/h1-3,8-9,21H,4-7,10-11H2,(H,20,25). The number of carbonyl (C=O) groups is 2. The van der Waals surface area contributed by atoms with Gasteiger partial charge in [-0.25, -0.2) is 9.18 Å². The Balaban J connectivity index is 1.38. The summed E-state index contributed by atoms with van der Waals surface area (Å²) >= 11 is 0. The van der Waals surface area contributed by atoms with E-state index >= 15 is 0 Å². The molecule has 1 fully saturated rings. The summed E-state index contributed by atoms with van der Waals surface area (Å²) in [5.41, 5.74) is 1.37. The predicted octanol–water partition coefficient (Wildman–Crippen LogP) is 2.56. The number of piperidine rings is 1. The van der Waals surface area contributed by atoms with E-state index in [0.717, 1.165) is 0 Å². The molecule has 1 aromatic heterocycles. The second-order valence-electron chi connectivity index (χ2n) is 6.83. The number of benzene rings is 1. The zero-order chi connectivity index (χ0) is 18.1. The highest BCUT2D eigenvalue weighted by Crippen LogP contribution is 2.37. The molecule has 0 saturated carbocycles. The first kappa shape index (κ1) is 16.6. The van der Waals surface area contributed by atoms with Crippen LogP contribution in [0.25, 0.3) is 0 Å². The average molecular weight is 358 g/mol. The highest BCUT2D eigenvalue weighted by molar-refractivity contribution is 6.04. The first-order valence-corrected chi connectivity index (χ1v) is 8.58. The number of likely N-dealkylation sites (tertiary alicyclic amines) is 1. The van der Waals surface area contributed by atoms with Gasteiger partial charge in [-0.3, -0.25) is 4.79 Å². The van der Waals surface area contributed by atoms with Gasteiger partial charge in [0.2, 0.25) is 0 Å². The Morgan fingerprint density at radius 2 is 2.15 bits per heavy atom. The Morgan fingerprint density at radius 3 is 2.88 bits per heavy atom. The molecule has 8 heteroatoms. The molecule has 1 spiro atoms. The Labute approximate surface area is 149 Å². The molecule has 0 bridgehead atoms. The first-order valence-electron chi connectivity index (χ1n) is 8.58. The average Bonchev–Trinajstić information content (AvgIpc) is 3.15. The van der Waals surface area contributed by atoms with Crippen molar-refractivity contribution in [2.75, 3.05) is 18.4 Å². The molecule has 2 aliphatic rings. The smallest absolute Gasteiger partial charge is 0.317 e. The summed E-state index contributed by atoms with van der Waals surface area (Å²) in [7, 11) is 0. The van der Waals surface area contributed by atoms with E-state index in [0.29, 0.717) is 55.8 Å². The van der Waals surface area contributed by atoms with Crippen molar-refractivity contribution in [3.63, 3.8) is 0 Å². The number of nitrogens with one attached hydrogen (secondary N) is 2. The Hall–Kier alpha value is -2.90. The van der Waals surface area contributed by atoms with Gasteiger partial charge >= 0.3 is 6.03 Å². The van der Waals surface area contributed by atoms with Gasteiger partial charge in [-0.1, -0.05) is 5.16 Å². The molecule has 0 atom stereocenters. The number of rotatable bonds is 2. The van der Waals surface area contributed by atoms with Crippen LogP contribution in [-0.4, -0.2) is 40.5 Å². The van der Waals surface area contributed by atoms with Gasteiger partial charge in [-0.15, -0.1) is 0 Å². The van der Waals surface area contributed by atoms with E-state index in [9.17, 15) is 14.0 Å². The first-order chi connectivity index (χ1) is 12.5. The largest absolute Gasteiger partial charge is 0.378 e. The number of anilines is 1. The lowest BCUT2D eigenvalue weighted by Crippen LogP contribution is -2.55. The molecule has 7 nitrogen and oxygen atoms in total. The molecular formula is C18H19FN4O3. The number of halogens is 1. The lowest BCUT2D eigenvalue weighted by Gasteiger charge is -2.45. The van der Waals surface area contributed by atoms with Crippen molar-refractivity contribution in [3.05, 3.63) is 47.6 Å². The topological polar surface area (TPSA) is 87.5 Å². The molecule has 4 rings (SSSR count). The van der Waals surface area contributed by atoms with E-state index in [1.807, 2.05) is 0 Å². The molecule has 2 amide bonds. The van der Waals surface area contributed by atoms with Crippen LogP contribution in [0.5, 0.6) is 0 Å². The fraction of sp³-hybridized carbons (Fsp3) is 0.389. The third kappa shape index (κ3) is 3.14. The van der Waals surface area contributed by atoms with Crippen molar-refractivity contribution in [2.45, 2.75) is 31.3 Å². The number of Topliss-reactive ketones (excluding diaryl/α,β-unsaturated/α-hetero) is 1. The number of hydrogen-bond acceptors (Lipinski definition) is 5. The summed E-state index contributed by atoms with van der Waals surface area (Å²) in [5.74, 6) is -0.462. The number of aromatic nitrogens is 1. The number of carbonyl (C=O) groups excluding carboxylic acids is 2. The molecule has 0 aliphatic carbocycles. The molecule has 3 heterocycles. The number of hydrogen-bond donors (Lipinski definition) is 2. The molecule has 2 aromatic rings. The Bertz CT molecular complexity index is 829. The van der Waals surface area contributed by atoms with Gasteiger partial charge in [-0.05, 0) is 31.0 Å². The van der Waals surface area contributed by atoms with Crippen LogP contribution in [0.3, 0.4) is 0 Å². The lowest BCUT2D eigenvalue weighted by atomic mass is 9.78. The van der Waals surface area contributed by atoms with Crippen molar-refractivity contribution < 1.29 is 18.5 Å². The minimum absolute atomic E-state index is 0.0535. The minimum Gasteiger partial charge on any atom is -0.378 e. The molecule has 1 aromatic carbocycles. The summed E-state index contributed by atoms with van der Waals surface area (Å²) in [5, 5.41) is 9.98. The van der Waals surface area contributed by atoms with E-state index in [2.05, 4.69) is 15.8 Å². The second-order valence-corrected chi connectivity index (χ2v) is 6.83. The van der Waals surface area contributed by atoms with E-state index in [1.54, 1.807) is 17.0 Å². The molecule has 1 saturated heterocycles. The third-order valence-corrected chi connectivity index (χ3v) is 5.10. The molecule has 2 aliphatic heterocycles. The van der Waals surface area contributed by atoms with Gasteiger partial charge in [0, 0.05) is 42.4 Å². The van der Waals surface area contributed by atoms with E-state index < -0.39 is 5.82 Å². The quantitative estimate of drug-likeness (QED) is 0.861. The number of urea groups is 1. The van der Waals surface area contributed by atoms with E-state index in [4.69, 9.17) is 4.52 Å². The zero-order valence-corrected chi connectivity index (χ0v) is 14.1. The van der Waals surface area contributed by atoms with Crippen LogP contribution in [0, 0.1) is 5.82 Å². The van der Waals surface area contributed by atoms with Crippen molar-refractivity contribution in [1.82, 2.24) is 15.4 Å². The summed E-state index contributed by atoms with van der Waals surface area (Å²) in [4.78, 5) is 26.5. The van der Waals surface area contributed by atoms with Gasteiger partial charge in [-0.2, -0.15) is 0 Å². The van der Waals surface area contributed by atoms with Crippen LogP contribution in [0.2, 0.25) is 0 Å².